The summed E-state index contributed by atoms with van der Waals surface area (Å²) in [5.74, 6) is -0.473. The summed E-state index contributed by atoms with van der Waals surface area (Å²) in [5, 5.41) is 0. The van der Waals surface area contributed by atoms with Crippen molar-refractivity contribution in [3.05, 3.63) is 28.2 Å². The summed E-state index contributed by atoms with van der Waals surface area (Å²) < 4.78 is 6.13. The van der Waals surface area contributed by atoms with Crippen LogP contribution < -0.4 is 4.90 Å². The van der Waals surface area contributed by atoms with Crippen LogP contribution in [0.15, 0.2) is 22.7 Å². The Bertz CT molecular complexity index is 513. The van der Waals surface area contributed by atoms with Gasteiger partial charge in [-0.2, -0.15) is 0 Å². The molecule has 1 aromatic rings. The minimum Gasteiger partial charge on any atom is -0.379 e. The van der Waals surface area contributed by atoms with Crippen molar-refractivity contribution in [2.75, 3.05) is 24.7 Å². The number of hydrogen-bond donors (Lipinski definition) is 0. The normalized spacial score (nSPS) is 14.4. The second-order valence-electron chi connectivity index (χ2n) is 4.89. The van der Waals surface area contributed by atoms with E-state index in [2.05, 4.69) is 29.8 Å². The molecule has 1 heterocycles. The number of nitrogens with zero attached hydrogens (tertiary/aromatic N) is 1. The van der Waals surface area contributed by atoms with Gasteiger partial charge in [-0.3, -0.25) is 9.59 Å². The number of carbonyl (C=O) groups excluding carboxylic acids is 2. The number of amides is 1. The van der Waals surface area contributed by atoms with Crippen molar-refractivity contribution in [2.45, 2.75) is 13.8 Å². The lowest BCUT2D eigenvalue weighted by Gasteiger charge is -2.17. The third kappa shape index (κ3) is 2.87. The molecule has 0 saturated carbocycles. The van der Waals surface area contributed by atoms with E-state index in [-0.39, 0.29) is 0 Å². The third-order valence-electron chi connectivity index (χ3n) is 2.86. The fraction of sp³-hybridized carbons (Fsp3) is 0.429. The molecule has 1 aromatic carbocycles. The van der Waals surface area contributed by atoms with E-state index < -0.39 is 11.7 Å². The molecule has 0 N–H and O–H groups in total. The van der Waals surface area contributed by atoms with Crippen LogP contribution in [0.2, 0.25) is 0 Å². The number of hydrogen-bond acceptors (Lipinski definition) is 3. The Kier molecular flexibility index (Phi) is 4.37. The molecular weight excluding hydrogens is 310 g/mol. The topological polar surface area (TPSA) is 46.6 Å². The van der Waals surface area contributed by atoms with Crippen LogP contribution in [0.5, 0.6) is 0 Å². The predicted octanol–water partition coefficient (Wildman–Crippen LogP) is 2.65. The zero-order valence-electron chi connectivity index (χ0n) is 11.0. The number of carbonyl (C=O) groups is 2. The number of fused-ring (bicyclic) bond motifs is 1. The minimum absolute atomic E-state index is 0.404. The van der Waals surface area contributed by atoms with Gasteiger partial charge in [0.1, 0.15) is 0 Å². The van der Waals surface area contributed by atoms with Crippen molar-refractivity contribution in [2.24, 2.45) is 5.92 Å². The van der Waals surface area contributed by atoms with E-state index in [0.29, 0.717) is 41.4 Å². The lowest BCUT2D eigenvalue weighted by atomic mass is 10.1. The molecule has 19 heavy (non-hydrogen) atoms. The number of rotatable bonds is 5. The minimum atomic E-state index is -0.477. The van der Waals surface area contributed by atoms with Crippen LogP contribution in [-0.2, 0) is 9.53 Å². The van der Waals surface area contributed by atoms with Crippen molar-refractivity contribution < 1.29 is 14.3 Å². The zero-order valence-corrected chi connectivity index (χ0v) is 12.6. The first-order valence-corrected chi connectivity index (χ1v) is 7.04. The van der Waals surface area contributed by atoms with E-state index >= 15 is 0 Å². The Hall–Kier alpha value is -1.20. The van der Waals surface area contributed by atoms with Gasteiger partial charge in [0.2, 0.25) is 0 Å². The van der Waals surface area contributed by atoms with Gasteiger partial charge in [-0.15, -0.1) is 0 Å². The van der Waals surface area contributed by atoms with E-state index in [1.165, 1.54) is 4.90 Å². The van der Waals surface area contributed by atoms with Crippen LogP contribution in [-0.4, -0.2) is 31.4 Å². The van der Waals surface area contributed by atoms with Gasteiger partial charge in [0.15, 0.2) is 0 Å². The van der Waals surface area contributed by atoms with E-state index in [0.717, 1.165) is 0 Å². The molecule has 0 saturated heterocycles. The lowest BCUT2D eigenvalue weighted by molar-refractivity contribution is -0.114. The highest BCUT2D eigenvalue weighted by molar-refractivity contribution is 9.10. The van der Waals surface area contributed by atoms with Crippen molar-refractivity contribution in [3.63, 3.8) is 0 Å². The van der Waals surface area contributed by atoms with Crippen LogP contribution in [0.4, 0.5) is 5.69 Å². The number of ether oxygens (including phenoxy) is 1. The fourth-order valence-corrected chi connectivity index (χ4v) is 2.53. The Morgan fingerprint density at radius 3 is 2.74 bits per heavy atom. The first kappa shape index (κ1) is 14.2. The summed E-state index contributed by atoms with van der Waals surface area (Å²) in [7, 11) is 0. The third-order valence-corrected chi connectivity index (χ3v) is 3.52. The van der Waals surface area contributed by atoms with Crippen LogP contribution >= 0.6 is 15.9 Å². The smallest absolute Gasteiger partial charge is 0.299 e. The average Bonchev–Trinajstić information content (AvgIpc) is 2.60. The quantitative estimate of drug-likeness (QED) is 0.617. The number of halogens is 1. The van der Waals surface area contributed by atoms with Crippen LogP contribution in [0.3, 0.4) is 0 Å². The van der Waals surface area contributed by atoms with E-state index in [1.807, 2.05) is 6.07 Å². The second kappa shape index (κ2) is 5.84. The van der Waals surface area contributed by atoms with E-state index in [1.54, 1.807) is 12.1 Å². The molecule has 1 amide bonds. The van der Waals surface area contributed by atoms with Gasteiger partial charge in [-0.1, -0.05) is 19.9 Å². The molecule has 1 aliphatic rings. The van der Waals surface area contributed by atoms with Gasteiger partial charge in [0.25, 0.3) is 11.7 Å². The summed E-state index contributed by atoms with van der Waals surface area (Å²) in [5.41, 5.74) is 1.12. The van der Waals surface area contributed by atoms with Crippen molar-refractivity contribution in [1.29, 1.82) is 0 Å². The monoisotopic (exact) mass is 325 g/mol. The molecule has 0 aromatic heterocycles. The molecule has 0 fully saturated rings. The number of benzene rings is 1. The average molecular weight is 326 g/mol. The summed E-state index contributed by atoms with van der Waals surface area (Å²) in [6.07, 6.45) is 0. The molecule has 2 rings (SSSR count). The summed E-state index contributed by atoms with van der Waals surface area (Å²) in [4.78, 5) is 25.3. The van der Waals surface area contributed by atoms with Gasteiger partial charge in [-0.05, 0) is 34.0 Å². The van der Waals surface area contributed by atoms with Crippen LogP contribution in [0.25, 0.3) is 0 Å². The summed E-state index contributed by atoms with van der Waals surface area (Å²) in [6.45, 7) is 5.62. The largest absolute Gasteiger partial charge is 0.379 e. The Labute approximate surface area is 120 Å². The maximum atomic E-state index is 11.9. The highest BCUT2D eigenvalue weighted by atomic mass is 79.9. The summed E-state index contributed by atoms with van der Waals surface area (Å²) in [6, 6.07) is 5.37. The molecule has 4 nitrogen and oxygen atoms in total. The maximum Gasteiger partial charge on any atom is 0.299 e. The molecule has 0 spiro atoms. The van der Waals surface area contributed by atoms with E-state index in [9.17, 15) is 9.59 Å². The number of Topliss-reactive ketones (excluding diaryl/α,β-unsaturated/α-hetero) is 1. The first-order chi connectivity index (χ1) is 9.02. The standard InChI is InChI=1S/C14H16BrNO3/c1-9(2)8-19-7-6-16-11-5-3-4-10(15)12(11)13(17)14(16)18/h3-5,9H,6-8H2,1-2H3. The number of anilines is 1. The molecule has 1 aliphatic heterocycles. The number of ketones is 1. The molecule has 102 valence electrons. The van der Waals surface area contributed by atoms with Gasteiger partial charge < -0.3 is 9.64 Å². The lowest BCUT2D eigenvalue weighted by Crippen LogP contribution is -2.33. The van der Waals surface area contributed by atoms with Gasteiger partial charge >= 0.3 is 0 Å². The maximum absolute atomic E-state index is 11.9. The van der Waals surface area contributed by atoms with E-state index in [4.69, 9.17) is 4.74 Å². The summed E-state index contributed by atoms with van der Waals surface area (Å²) >= 11 is 3.31. The Morgan fingerprint density at radius 2 is 2.05 bits per heavy atom. The molecule has 0 atom stereocenters. The van der Waals surface area contributed by atoms with Crippen molar-refractivity contribution in [3.8, 4) is 0 Å². The first-order valence-electron chi connectivity index (χ1n) is 6.24. The molecule has 0 aliphatic carbocycles. The highest BCUT2D eigenvalue weighted by Gasteiger charge is 2.36. The van der Waals surface area contributed by atoms with Gasteiger partial charge in [0, 0.05) is 17.6 Å². The molecule has 0 unspecified atom stereocenters. The predicted molar refractivity (Wildman–Crippen MR) is 76.5 cm³/mol. The molecule has 0 radical (unpaired) electrons. The Balaban J connectivity index is 2.09. The van der Waals surface area contributed by atoms with Gasteiger partial charge in [-0.25, -0.2) is 0 Å². The molecule has 5 heteroatoms. The molecule has 0 bridgehead atoms. The van der Waals surface area contributed by atoms with Crippen LogP contribution in [0, 0.1) is 5.92 Å². The van der Waals surface area contributed by atoms with Crippen molar-refractivity contribution in [1.82, 2.24) is 0 Å². The fourth-order valence-electron chi connectivity index (χ4n) is 2.00. The molecular formula is C14H16BrNO3. The second-order valence-corrected chi connectivity index (χ2v) is 5.74. The van der Waals surface area contributed by atoms with Crippen molar-refractivity contribution >= 4 is 33.3 Å². The Morgan fingerprint density at radius 1 is 1.32 bits per heavy atom. The van der Waals surface area contributed by atoms with Gasteiger partial charge in [0.05, 0.1) is 17.9 Å². The highest BCUT2D eigenvalue weighted by Crippen LogP contribution is 2.33. The SMILES string of the molecule is CC(C)COCCN1C(=O)C(=O)c2c(Br)cccc21. The van der Waals surface area contributed by atoms with Crippen LogP contribution in [0.1, 0.15) is 24.2 Å². The zero-order chi connectivity index (χ0) is 14.0.